The molecular formula is C30H14N2O. The van der Waals surface area contributed by atoms with E-state index in [-0.39, 0.29) is 0 Å². The van der Waals surface area contributed by atoms with Gasteiger partial charge in [-0.15, -0.1) is 0 Å². The summed E-state index contributed by atoms with van der Waals surface area (Å²) in [5, 5.41) is 14.2. The predicted octanol–water partition coefficient (Wildman–Crippen LogP) is 8.48. The number of benzene rings is 5. The molecule has 0 unspecified atom stereocenters. The van der Waals surface area contributed by atoms with Gasteiger partial charge < -0.3 is 4.42 Å². The zero-order valence-corrected chi connectivity index (χ0v) is 17.4. The second kappa shape index (κ2) is 6.33. The van der Waals surface area contributed by atoms with Crippen LogP contribution in [0.15, 0.2) is 89.3 Å². The number of hydrogen-bond acceptors (Lipinski definition) is 2. The van der Waals surface area contributed by atoms with Crippen molar-refractivity contribution in [2.24, 2.45) is 0 Å². The second-order valence-corrected chi connectivity index (χ2v) is 8.31. The molecule has 0 spiro atoms. The first kappa shape index (κ1) is 17.8. The Morgan fingerprint density at radius 3 is 2.36 bits per heavy atom. The van der Waals surface area contributed by atoms with Crippen molar-refractivity contribution < 1.29 is 4.42 Å². The smallest absolute Gasteiger partial charge is 0.204 e. The zero-order valence-electron chi connectivity index (χ0n) is 17.4. The van der Waals surface area contributed by atoms with Crippen LogP contribution >= 0.6 is 0 Å². The summed E-state index contributed by atoms with van der Waals surface area (Å²) in [5.41, 5.74) is 9.04. The maximum absolute atomic E-state index is 9.71. The van der Waals surface area contributed by atoms with Gasteiger partial charge in [-0.3, -0.25) is 0 Å². The normalized spacial score (nSPS) is 11.6. The number of para-hydroxylation sites is 1. The van der Waals surface area contributed by atoms with E-state index in [9.17, 15) is 5.26 Å². The predicted molar refractivity (Wildman–Crippen MR) is 132 cm³/mol. The van der Waals surface area contributed by atoms with E-state index in [1.807, 2.05) is 30.3 Å². The monoisotopic (exact) mass is 418 g/mol. The van der Waals surface area contributed by atoms with Crippen molar-refractivity contribution in [3.8, 4) is 39.4 Å². The average molecular weight is 418 g/mol. The minimum Gasteiger partial charge on any atom is -0.456 e. The summed E-state index contributed by atoms with van der Waals surface area (Å²) < 4.78 is 6.32. The van der Waals surface area contributed by atoms with Gasteiger partial charge in [-0.05, 0) is 56.8 Å². The molecule has 33 heavy (non-hydrogen) atoms. The molecule has 0 aliphatic heterocycles. The van der Waals surface area contributed by atoms with Crippen LogP contribution in [0, 0.1) is 17.9 Å². The summed E-state index contributed by atoms with van der Waals surface area (Å²) in [6.45, 7) is 7.42. The van der Waals surface area contributed by atoms with Crippen molar-refractivity contribution in [1.29, 1.82) is 5.26 Å². The molecule has 1 aliphatic rings. The Hall–Kier alpha value is -4.86. The number of nitrogens with zero attached hydrogens (tertiary/aromatic N) is 2. The molecular weight excluding hydrogens is 404 g/mol. The molecule has 0 atom stereocenters. The van der Waals surface area contributed by atoms with Gasteiger partial charge in [-0.2, -0.15) is 5.26 Å². The van der Waals surface area contributed by atoms with Crippen LogP contribution in [0.25, 0.3) is 70.9 Å². The molecule has 0 radical (unpaired) electrons. The maximum Gasteiger partial charge on any atom is 0.204 e. The van der Waals surface area contributed by atoms with E-state index in [1.54, 1.807) is 6.07 Å². The summed E-state index contributed by atoms with van der Waals surface area (Å²) in [6.07, 6.45) is 0. The van der Waals surface area contributed by atoms with Gasteiger partial charge in [-0.1, -0.05) is 66.7 Å². The van der Waals surface area contributed by atoms with Crippen molar-refractivity contribution in [1.82, 2.24) is 0 Å². The Bertz CT molecular complexity index is 1890. The first-order valence-corrected chi connectivity index (χ1v) is 10.7. The minimum atomic E-state index is 0.368. The van der Waals surface area contributed by atoms with Gasteiger partial charge in [-0.25, -0.2) is 4.85 Å². The molecule has 0 saturated carbocycles. The molecule has 150 valence electrons. The van der Waals surface area contributed by atoms with Gasteiger partial charge in [0, 0.05) is 16.3 Å². The average Bonchev–Trinajstić information content (AvgIpc) is 3.39. The lowest BCUT2D eigenvalue weighted by molar-refractivity contribution is 0.669. The van der Waals surface area contributed by atoms with Crippen molar-refractivity contribution >= 4 is 38.4 Å². The third-order valence-electron chi connectivity index (χ3n) is 6.66. The van der Waals surface area contributed by atoms with E-state index >= 15 is 0 Å². The van der Waals surface area contributed by atoms with Gasteiger partial charge in [0.05, 0.1) is 18.2 Å². The highest BCUT2D eigenvalue weighted by Crippen LogP contribution is 2.54. The Kier molecular flexibility index (Phi) is 3.41. The highest BCUT2D eigenvalue weighted by molar-refractivity contribution is 6.25. The second-order valence-electron chi connectivity index (χ2n) is 8.31. The molecule has 3 heteroatoms. The van der Waals surface area contributed by atoms with Crippen LogP contribution in [0.2, 0.25) is 0 Å². The largest absolute Gasteiger partial charge is 0.456 e. The van der Waals surface area contributed by atoms with E-state index in [0.717, 1.165) is 44.2 Å². The summed E-state index contributed by atoms with van der Waals surface area (Å²) in [4.78, 5) is 3.52. The van der Waals surface area contributed by atoms with Crippen molar-refractivity contribution in [2.75, 3.05) is 0 Å². The van der Waals surface area contributed by atoms with Crippen molar-refractivity contribution in [2.45, 2.75) is 0 Å². The Labute approximate surface area is 189 Å². The molecule has 3 nitrogen and oxygen atoms in total. The third-order valence-corrected chi connectivity index (χ3v) is 6.66. The Balaban J connectivity index is 1.72. The maximum atomic E-state index is 9.71. The topological polar surface area (TPSA) is 41.3 Å². The SMILES string of the molecule is [C-]#[N+]c1ccc(-c2c3c(cc4oc5ccccc5c24)-c2cccc4cccc-3c24)cc1C#N. The molecule has 0 N–H and O–H groups in total. The molecule has 0 amide bonds. The number of fused-ring (bicyclic) bond motifs is 6. The van der Waals surface area contributed by atoms with Gasteiger partial charge in [0.2, 0.25) is 5.69 Å². The van der Waals surface area contributed by atoms with Gasteiger partial charge >= 0.3 is 0 Å². The summed E-state index contributed by atoms with van der Waals surface area (Å²) in [6, 6.07) is 30.8. The van der Waals surface area contributed by atoms with Crippen LogP contribution in [-0.4, -0.2) is 0 Å². The molecule has 1 aromatic heterocycles. The fourth-order valence-electron chi connectivity index (χ4n) is 5.32. The number of rotatable bonds is 1. The number of hydrogen-bond donors (Lipinski definition) is 0. The quantitative estimate of drug-likeness (QED) is 0.251. The highest BCUT2D eigenvalue weighted by Gasteiger charge is 2.28. The lowest BCUT2D eigenvalue weighted by atomic mass is 9.88. The van der Waals surface area contributed by atoms with E-state index in [2.05, 4.69) is 59.4 Å². The van der Waals surface area contributed by atoms with Crippen LogP contribution in [0.4, 0.5) is 5.69 Å². The van der Waals surface area contributed by atoms with Crippen LogP contribution in [0.3, 0.4) is 0 Å². The summed E-state index contributed by atoms with van der Waals surface area (Å²) in [5.74, 6) is 0. The summed E-state index contributed by atoms with van der Waals surface area (Å²) >= 11 is 0. The highest BCUT2D eigenvalue weighted by atomic mass is 16.3. The fraction of sp³-hybridized carbons (Fsp3) is 0. The van der Waals surface area contributed by atoms with Crippen molar-refractivity contribution in [3.63, 3.8) is 0 Å². The molecule has 5 aromatic carbocycles. The van der Waals surface area contributed by atoms with E-state index in [1.165, 1.54) is 21.9 Å². The van der Waals surface area contributed by atoms with Crippen molar-refractivity contribution in [3.05, 3.63) is 102 Å². The number of nitriles is 1. The molecule has 1 heterocycles. The van der Waals surface area contributed by atoms with Gasteiger partial charge in [0.15, 0.2) is 0 Å². The molecule has 1 aliphatic carbocycles. The molecule has 0 bridgehead atoms. The Morgan fingerprint density at radius 1 is 0.727 bits per heavy atom. The lowest BCUT2D eigenvalue weighted by Gasteiger charge is -2.13. The lowest BCUT2D eigenvalue weighted by Crippen LogP contribution is -1.88. The van der Waals surface area contributed by atoms with Crippen LogP contribution < -0.4 is 0 Å². The molecule has 6 aromatic rings. The minimum absolute atomic E-state index is 0.368. The van der Waals surface area contributed by atoms with E-state index in [4.69, 9.17) is 11.0 Å². The Morgan fingerprint density at radius 2 is 1.55 bits per heavy atom. The standard InChI is InChI=1S/C30H14N2O/c1-32-24-13-12-18(14-19(24)16-31)28-29-22-10-5-7-17-6-4-9-20(27(17)22)23(29)15-26-30(28)21-8-2-3-11-25(21)33-26/h2-15H. The molecule has 0 saturated heterocycles. The third kappa shape index (κ3) is 2.26. The van der Waals surface area contributed by atoms with E-state index < -0.39 is 0 Å². The van der Waals surface area contributed by atoms with E-state index in [0.29, 0.717) is 11.3 Å². The number of furan rings is 1. The molecule has 7 rings (SSSR count). The first-order chi connectivity index (χ1) is 16.3. The van der Waals surface area contributed by atoms with Gasteiger partial charge in [0.1, 0.15) is 11.2 Å². The summed E-state index contributed by atoms with van der Waals surface area (Å²) in [7, 11) is 0. The van der Waals surface area contributed by atoms with Crippen LogP contribution in [0.5, 0.6) is 0 Å². The molecule has 0 fully saturated rings. The van der Waals surface area contributed by atoms with Crippen LogP contribution in [0.1, 0.15) is 5.56 Å². The zero-order chi connectivity index (χ0) is 22.1. The fourth-order valence-corrected chi connectivity index (χ4v) is 5.32. The first-order valence-electron chi connectivity index (χ1n) is 10.7. The van der Waals surface area contributed by atoms with Crippen LogP contribution in [-0.2, 0) is 0 Å². The van der Waals surface area contributed by atoms with Gasteiger partial charge in [0.25, 0.3) is 0 Å².